The Morgan fingerprint density at radius 2 is 2.00 bits per heavy atom. The summed E-state index contributed by atoms with van der Waals surface area (Å²) in [5.41, 5.74) is 0.941. The summed E-state index contributed by atoms with van der Waals surface area (Å²) in [6, 6.07) is 6.60. The van der Waals surface area contributed by atoms with E-state index < -0.39 is 5.97 Å². The van der Waals surface area contributed by atoms with Gasteiger partial charge in [-0.15, -0.1) is 0 Å². The van der Waals surface area contributed by atoms with Gasteiger partial charge in [0.05, 0.1) is 6.42 Å². The molecule has 1 aromatic rings. The van der Waals surface area contributed by atoms with E-state index >= 15 is 0 Å². The minimum Gasteiger partial charge on any atom is -0.481 e. The van der Waals surface area contributed by atoms with E-state index in [1.54, 1.807) is 12.1 Å². The smallest absolute Gasteiger partial charge is 0.305 e. The van der Waals surface area contributed by atoms with E-state index in [0.717, 1.165) is 12.2 Å². The molecule has 2 atom stereocenters. The summed E-state index contributed by atoms with van der Waals surface area (Å²) in [4.78, 5) is 15.1. The Morgan fingerprint density at radius 1 is 1.37 bits per heavy atom. The van der Waals surface area contributed by atoms with Crippen LogP contribution in [-0.2, 0) is 4.79 Å². The molecule has 5 heteroatoms. The van der Waals surface area contributed by atoms with Crippen LogP contribution in [-0.4, -0.2) is 48.2 Å². The molecule has 1 aliphatic heterocycles. The van der Waals surface area contributed by atoms with Crippen molar-refractivity contribution in [2.24, 2.45) is 0 Å². The van der Waals surface area contributed by atoms with Crippen LogP contribution >= 0.6 is 0 Å². The first kappa shape index (κ1) is 13.8. The number of carboxylic acid groups (broad SMARTS) is 1. The van der Waals surface area contributed by atoms with Crippen molar-refractivity contribution >= 4 is 11.7 Å². The second-order valence-electron chi connectivity index (χ2n) is 5.15. The summed E-state index contributed by atoms with van der Waals surface area (Å²) in [5, 5.41) is 8.97. The fourth-order valence-electron chi connectivity index (χ4n) is 2.54. The fraction of sp³-hybridized carbons (Fsp3) is 0.500. The highest BCUT2D eigenvalue weighted by atomic mass is 19.1. The Balaban J connectivity index is 2.14. The monoisotopic (exact) mass is 266 g/mol. The fourth-order valence-corrected chi connectivity index (χ4v) is 2.54. The number of rotatable bonds is 3. The molecule has 0 bridgehead atoms. The van der Waals surface area contributed by atoms with Gasteiger partial charge in [-0.2, -0.15) is 0 Å². The lowest BCUT2D eigenvalue weighted by Crippen LogP contribution is -2.56. The van der Waals surface area contributed by atoms with Crippen molar-refractivity contribution < 1.29 is 14.3 Å². The van der Waals surface area contributed by atoms with Gasteiger partial charge in [0, 0.05) is 30.9 Å². The molecule has 0 spiro atoms. The second-order valence-corrected chi connectivity index (χ2v) is 5.15. The molecule has 0 radical (unpaired) electrons. The summed E-state index contributed by atoms with van der Waals surface area (Å²) >= 11 is 0. The highest BCUT2D eigenvalue weighted by molar-refractivity contribution is 5.67. The van der Waals surface area contributed by atoms with Gasteiger partial charge in [0.25, 0.3) is 0 Å². The van der Waals surface area contributed by atoms with Crippen LogP contribution in [0.25, 0.3) is 0 Å². The second kappa shape index (κ2) is 5.57. The maximum atomic E-state index is 12.9. The molecule has 19 heavy (non-hydrogen) atoms. The molecule has 0 amide bonds. The quantitative estimate of drug-likeness (QED) is 0.906. The number of aliphatic carboxylic acids is 1. The van der Waals surface area contributed by atoms with Gasteiger partial charge in [-0.3, -0.25) is 9.69 Å². The van der Waals surface area contributed by atoms with E-state index in [4.69, 9.17) is 5.11 Å². The third-order valence-electron chi connectivity index (χ3n) is 3.79. The van der Waals surface area contributed by atoms with Gasteiger partial charge >= 0.3 is 5.97 Å². The first-order chi connectivity index (χ1) is 8.97. The van der Waals surface area contributed by atoms with E-state index in [9.17, 15) is 9.18 Å². The standard InChI is InChI=1S/C14H19FN2O2/c1-10-8-17(12-5-3-11(15)4-6-12)9-13(16(10)2)7-14(18)19/h3-6,10,13H,7-9H2,1-2H3,(H,18,19). The number of benzene rings is 1. The highest BCUT2D eigenvalue weighted by Crippen LogP contribution is 2.23. The van der Waals surface area contributed by atoms with Gasteiger partial charge < -0.3 is 10.0 Å². The van der Waals surface area contributed by atoms with Crippen LogP contribution in [0.3, 0.4) is 0 Å². The number of piperazine rings is 1. The first-order valence-electron chi connectivity index (χ1n) is 6.41. The largest absolute Gasteiger partial charge is 0.481 e. The Labute approximate surface area is 112 Å². The van der Waals surface area contributed by atoms with Crippen LogP contribution in [0.1, 0.15) is 13.3 Å². The molecule has 1 fully saturated rings. The number of halogens is 1. The Morgan fingerprint density at radius 3 is 2.58 bits per heavy atom. The SMILES string of the molecule is CC1CN(c2ccc(F)cc2)CC(CC(=O)O)N1C. The highest BCUT2D eigenvalue weighted by Gasteiger charge is 2.30. The van der Waals surface area contributed by atoms with Crippen LogP contribution in [0.4, 0.5) is 10.1 Å². The molecule has 1 saturated heterocycles. The maximum absolute atomic E-state index is 12.9. The molecule has 1 aliphatic rings. The third-order valence-corrected chi connectivity index (χ3v) is 3.79. The van der Waals surface area contributed by atoms with Crippen LogP contribution in [0.5, 0.6) is 0 Å². The number of hydrogen-bond acceptors (Lipinski definition) is 3. The van der Waals surface area contributed by atoms with E-state index in [0.29, 0.717) is 6.54 Å². The van der Waals surface area contributed by atoms with Gasteiger partial charge in [-0.05, 0) is 38.2 Å². The van der Waals surface area contributed by atoms with Crippen LogP contribution in [0, 0.1) is 5.82 Å². The van der Waals surface area contributed by atoms with Gasteiger partial charge in [-0.1, -0.05) is 0 Å². The Hall–Kier alpha value is -1.62. The van der Waals surface area contributed by atoms with Crippen molar-refractivity contribution in [3.8, 4) is 0 Å². The van der Waals surface area contributed by atoms with Crippen LogP contribution < -0.4 is 4.90 Å². The van der Waals surface area contributed by atoms with Crippen molar-refractivity contribution in [3.05, 3.63) is 30.1 Å². The number of hydrogen-bond donors (Lipinski definition) is 1. The van der Waals surface area contributed by atoms with Crippen molar-refractivity contribution in [2.75, 3.05) is 25.0 Å². The van der Waals surface area contributed by atoms with Gasteiger partial charge in [0.1, 0.15) is 5.82 Å². The number of nitrogens with zero attached hydrogens (tertiary/aromatic N) is 2. The van der Waals surface area contributed by atoms with Gasteiger partial charge in [-0.25, -0.2) is 4.39 Å². The molecule has 104 valence electrons. The predicted molar refractivity (Wildman–Crippen MR) is 71.9 cm³/mol. The van der Waals surface area contributed by atoms with E-state index in [2.05, 4.69) is 16.7 Å². The maximum Gasteiger partial charge on any atom is 0.305 e. The lowest BCUT2D eigenvalue weighted by Gasteiger charge is -2.44. The molecule has 1 N–H and O–H groups in total. The van der Waals surface area contributed by atoms with E-state index in [1.807, 2.05) is 7.05 Å². The molecule has 1 aromatic carbocycles. The van der Waals surface area contributed by atoms with Crippen LogP contribution in [0.15, 0.2) is 24.3 Å². The molecule has 2 unspecified atom stereocenters. The summed E-state index contributed by atoms with van der Waals surface area (Å²) in [6.07, 6.45) is 0.124. The average molecular weight is 266 g/mol. The third kappa shape index (κ3) is 3.23. The van der Waals surface area contributed by atoms with E-state index in [-0.39, 0.29) is 24.3 Å². The molecule has 0 aromatic heterocycles. The summed E-state index contributed by atoms with van der Waals surface area (Å²) in [6.45, 7) is 3.54. The zero-order valence-electron chi connectivity index (χ0n) is 11.2. The van der Waals surface area contributed by atoms with Gasteiger partial charge in [0.15, 0.2) is 0 Å². The van der Waals surface area contributed by atoms with Crippen molar-refractivity contribution in [2.45, 2.75) is 25.4 Å². The summed E-state index contributed by atoms with van der Waals surface area (Å²) < 4.78 is 12.9. The molecular formula is C14H19FN2O2. The number of carboxylic acids is 1. The first-order valence-corrected chi connectivity index (χ1v) is 6.41. The minimum atomic E-state index is -0.787. The van der Waals surface area contributed by atoms with Crippen molar-refractivity contribution in [1.29, 1.82) is 0 Å². The molecule has 0 aliphatic carbocycles. The molecular weight excluding hydrogens is 247 g/mol. The summed E-state index contributed by atoms with van der Waals surface area (Å²) in [7, 11) is 1.96. The molecule has 0 saturated carbocycles. The zero-order chi connectivity index (χ0) is 14.0. The topological polar surface area (TPSA) is 43.8 Å². The number of carbonyl (C=O) groups is 1. The Bertz CT molecular complexity index is 449. The minimum absolute atomic E-state index is 0.0219. The number of anilines is 1. The Kier molecular flexibility index (Phi) is 4.04. The molecule has 4 nitrogen and oxygen atoms in total. The lowest BCUT2D eigenvalue weighted by atomic mass is 10.0. The van der Waals surface area contributed by atoms with Crippen molar-refractivity contribution in [1.82, 2.24) is 4.90 Å². The van der Waals surface area contributed by atoms with Crippen molar-refractivity contribution in [3.63, 3.8) is 0 Å². The van der Waals surface area contributed by atoms with Gasteiger partial charge in [0.2, 0.25) is 0 Å². The summed E-state index contributed by atoms with van der Waals surface area (Å²) in [5.74, 6) is -1.04. The normalized spacial score (nSPS) is 24.5. The van der Waals surface area contributed by atoms with E-state index in [1.165, 1.54) is 12.1 Å². The average Bonchev–Trinajstić information content (AvgIpc) is 2.35. The zero-order valence-corrected chi connectivity index (χ0v) is 11.2. The predicted octanol–water partition coefficient (Wildman–Crippen LogP) is 1.81. The molecule has 1 heterocycles. The number of likely N-dealkylation sites (N-methyl/N-ethyl adjacent to an activating group) is 1. The lowest BCUT2D eigenvalue weighted by molar-refractivity contribution is -0.138. The van der Waals surface area contributed by atoms with Crippen LogP contribution in [0.2, 0.25) is 0 Å². The molecule has 2 rings (SSSR count).